The molecular formula is C12H16O4. The Morgan fingerprint density at radius 2 is 2.19 bits per heavy atom. The number of rotatable bonds is 5. The number of carbonyl (C=O) groups is 1. The van der Waals surface area contributed by atoms with Gasteiger partial charge in [0.1, 0.15) is 12.4 Å². The van der Waals surface area contributed by atoms with Crippen LogP contribution in [0.25, 0.3) is 0 Å². The quantitative estimate of drug-likeness (QED) is 0.771. The van der Waals surface area contributed by atoms with Crippen molar-refractivity contribution in [3.8, 4) is 5.75 Å². The molecule has 4 nitrogen and oxygen atoms in total. The minimum atomic E-state index is -0.325. The summed E-state index contributed by atoms with van der Waals surface area (Å²) in [5.41, 5.74) is 1.34. The zero-order chi connectivity index (χ0) is 12.0. The summed E-state index contributed by atoms with van der Waals surface area (Å²) < 4.78 is 10.1. The van der Waals surface area contributed by atoms with E-state index in [4.69, 9.17) is 14.6 Å². The molecule has 0 heterocycles. The van der Waals surface area contributed by atoms with Crippen molar-refractivity contribution in [2.24, 2.45) is 0 Å². The second kappa shape index (κ2) is 6.12. The molecule has 0 bridgehead atoms. The number of aryl methyl sites for hydroxylation is 1. The summed E-state index contributed by atoms with van der Waals surface area (Å²) >= 11 is 0. The van der Waals surface area contributed by atoms with Crippen molar-refractivity contribution < 1.29 is 19.4 Å². The van der Waals surface area contributed by atoms with Gasteiger partial charge in [0.2, 0.25) is 0 Å². The Morgan fingerprint density at radius 3 is 2.75 bits per heavy atom. The Labute approximate surface area is 94.8 Å². The van der Waals surface area contributed by atoms with Gasteiger partial charge in [-0.25, -0.2) is 4.79 Å². The average Bonchev–Trinajstić information content (AvgIpc) is 2.26. The van der Waals surface area contributed by atoms with Gasteiger partial charge in [0.15, 0.2) is 0 Å². The zero-order valence-corrected chi connectivity index (χ0v) is 9.53. The molecule has 0 unspecified atom stereocenters. The van der Waals surface area contributed by atoms with E-state index >= 15 is 0 Å². The Morgan fingerprint density at radius 1 is 1.44 bits per heavy atom. The van der Waals surface area contributed by atoms with Crippen LogP contribution in [0.3, 0.4) is 0 Å². The first kappa shape index (κ1) is 12.5. The lowest BCUT2D eigenvalue weighted by Gasteiger charge is -2.08. The number of hydrogen-bond acceptors (Lipinski definition) is 4. The Hall–Kier alpha value is -1.55. The maximum absolute atomic E-state index is 11.5. The van der Waals surface area contributed by atoms with Gasteiger partial charge in [-0.2, -0.15) is 0 Å². The predicted molar refractivity (Wildman–Crippen MR) is 59.7 cm³/mol. The van der Waals surface area contributed by atoms with Crippen LogP contribution in [0.1, 0.15) is 22.8 Å². The van der Waals surface area contributed by atoms with Gasteiger partial charge in [-0.05, 0) is 37.6 Å². The maximum atomic E-state index is 11.5. The molecule has 1 N–H and O–H groups in total. The number of aliphatic hydroxyl groups is 1. The Kier molecular flexibility index (Phi) is 4.79. The molecule has 0 radical (unpaired) electrons. The highest BCUT2D eigenvalue weighted by molar-refractivity contribution is 5.91. The fourth-order valence-corrected chi connectivity index (χ4v) is 1.33. The molecule has 0 saturated heterocycles. The van der Waals surface area contributed by atoms with Crippen LogP contribution in [0.5, 0.6) is 5.75 Å². The summed E-state index contributed by atoms with van der Waals surface area (Å²) in [6.45, 7) is 4.17. The molecule has 4 heteroatoms. The summed E-state index contributed by atoms with van der Waals surface area (Å²) in [6, 6.07) is 5.11. The van der Waals surface area contributed by atoms with Gasteiger partial charge in [0.05, 0.1) is 18.8 Å². The molecule has 0 amide bonds. The van der Waals surface area contributed by atoms with Gasteiger partial charge in [0.25, 0.3) is 0 Å². The van der Waals surface area contributed by atoms with E-state index < -0.39 is 0 Å². The van der Waals surface area contributed by atoms with Crippen LogP contribution in [0, 0.1) is 6.92 Å². The second-order valence-electron chi connectivity index (χ2n) is 3.27. The number of carbonyl (C=O) groups excluding carboxylic acids is 1. The lowest BCUT2D eigenvalue weighted by atomic mass is 10.1. The molecule has 16 heavy (non-hydrogen) atoms. The lowest BCUT2D eigenvalue weighted by Crippen LogP contribution is -2.07. The minimum absolute atomic E-state index is 0.0291. The highest BCUT2D eigenvalue weighted by Gasteiger charge is 2.10. The molecule has 0 spiro atoms. The molecule has 0 aromatic heterocycles. The Balaban J connectivity index is 2.78. The number of hydrogen-bond donors (Lipinski definition) is 1. The van der Waals surface area contributed by atoms with Crippen molar-refractivity contribution in [1.82, 2.24) is 0 Å². The van der Waals surface area contributed by atoms with Crippen LogP contribution >= 0.6 is 0 Å². The van der Waals surface area contributed by atoms with E-state index in [0.717, 1.165) is 5.56 Å². The number of ether oxygens (including phenoxy) is 2. The highest BCUT2D eigenvalue weighted by Crippen LogP contribution is 2.18. The third-order valence-electron chi connectivity index (χ3n) is 2.05. The average molecular weight is 224 g/mol. The van der Waals surface area contributed by atoms with Crippen LogP contribution in [0.15, 0.2) is 18.2 Å². The van der Waals surface area contributed by atoms with Crippen LogP contribution < -0.4 is 4.74 Å². The van der Waals surface area contributed by atoms with Gasteiger partial charge < -0.3 is 14.6 Å². The molecule has 1 aromatic carbocycles. The minimum Gasteiger partial charge on any atom is -0.491 e. The first-order valence-electron chi connectivity index (χ1n) is 5.20. The zero-order valence-electron chi connectivity index (χ0n) is 9.53. The smallest absolute Gasteiger partial charge is 0.338 e. The summed E-state index contributed by atoms with van der Waals surface area (Å²) in [5.74, 6) is 0.313. The van der Waals surface area contributed by atoms with Crippen molar-refractivity contribution >= 4 is 5.97 Å². The van der Waals surface area contributed by atoms with Crippen LogP contribution in [0.2, 0.25) is 0 Å². The Bertz CT molecular complexity index is 360. The molecule has 1 rings (SSSR count). The summed E-state index contributed by atoms with van der Waals surface area (Å²) in [4.78, 5) is 11.5. The van der Waals surface area contributed by atoms with E-state index in [-0.39, 0.29) is 19.2 Å². The van der Waals surface area contributed by atoms with Crippen molar-refractivity contribution in [3.05, 3.63) is 29.3 Å². The third kappa shape index (κ3) is 3.24. The van der Waals surface area contributed by atoms with Gasteiger partial charge >= 0.3 is 5.97 Å². The molecule has 0 aliphatic heterocycles. The first-order chi connectivity index (χ1) is 7.69. The maximum Gasteiger partial charge on any atom is 0.338 e. The molecule has 0 aliphatic rings. The van der Waals surface area contributed by atoms with E-state index in [1.54, 1.807) is 25.1 Å². The molecule has 0 saturated carbocycles. The van der Waals surface area contributed by atoms with Crippen molar-refractivity contribution in [3.63, 3.8) is 0 Å². The largest absolute Gasteiger partial charge is 0.491 e. The topological polar surface area (TPSA) is 55.8 Å². The molecule has 0 aliphatic carbocycles. The van der Waals surface area contributed by atoms with Crippen molar-refractivity contribution in [1.29, 1.82) is 0 Å². The second-order valence-corrected chi connectivity index (χ2v) is 3.27. The van der Waals surface area contributed by atoms with Crippen molar-refractivity contribution in [2.45, 2.75) is 13.8 Å². The van der Waals surface area contributed by atoms with E-state index in [9.17, 15) is 4.79 Å². The van der Waals surface area contributed by atoms with Gasteiger partial charge in [-0.3, -0.25) is 0 Å². The van der Waals surface area contributed by atoms with E-state index in [1.165, 1.54) is 0 Å². The molecule has 0 atom stereocenters. The normalized spacial score (nSPS) is 9.94. The third-order valence-corrected chi connectivity index (χ3v) is 2.05. The molecule has 0 fully saturated rings. The van der Waals surface area contributed by atoms with E-state index in [2.05, 4.69) is 0 Å². The summed E-state index contributed by atoms with van der Waals surface area (Å²) in [5, 5.41) is 8.61. The molecular weight excluding hydrogens is 208 g/mol. The number of benzene rings is 1. The fraction of sp³-hybridized carbons (Fsp3) is 0.417. The van der Waals surface area contributed by atoms with Gasteiger partial charge in [0, 0.05) is 0 Å². The highest BCUT2D eigenvalue weighted by atomic mass is 16.5. The number of aliphatic hydroxyl groups excluding tert-OH is 1. The van der Waals surface area contributed by atoms with Gasteiger partial charge in [-0.1, -0.05) is 0 Å². The van der Waals surface area contributed by atoms with Crippen LogP contribution in [-0.2, 0) is 4.74 Å². The van der Waals surface area contributed by atoms with E-state index in [0.29, 0.717) is 17.9 Å². The summed E-state index contributed by atoms with van der Waals surface area (Å²) in [7, 11) is 0. The SMILES string of the molecule is CCOC(=O)c1ccc(OCCO)cc1C. The van der Waals surface area contributed by atoms with E-state index in [1.807, 2.05) is 6.92 Å². The fourth-order valence-electron chi connectivity index (χ4n) is 1.33. The predicted octanol–water partition coefficient (Wildman–Crippen LogP) is 1.54. The standard InChI is InChI=1S/C12H16O4/c1-3-15-12(14)11-5-4-10(8-9(11)2)16-7-6-13/h4-5,8,13H,3,6-7H2,1-2H3. The summed E-state index contributed by atoms with van der Waals surface area (Å²) in [6.07, 6.45) is 0. The van der Waals surface area contributed by atoms with Crippen LogP contribution in [0.4, 0.5) is 0 Å². The first-order valence-corrected chi connectivity index (χ1v) is 5.20. The van der Waals surface area contributed by atoms with Crippen molar-refractivity contribution in [2.75, 3.05) is 19.8 Å². The lowest BCUT2D eigenvalue weighted by molar-refractivity contribution is 0.0525. The molecule has 88 valence electrons. The molecule has 1 aromatic rings. The monoisotopic (exact) mass is 224 g/mol. The van der Waals surface area contributed by atoms with Crippen LogP contribution in [-0.4, -0.2) is 30.9 Å². The van der Waals surface area contributed by atoms with Gasteiger partial charge in [-0.15, -0.1) is 0 Å². The number of esters is 1.